The smallest absolute Gasteiger partial charge is 0.337 e. The van der Waals surface area contributed by atoms with Crippen molar-refractivity contribution in [1.29, 1.82) is 0 Å². The van der Waals surface area contributed by atoms with Crippen molar-refractivity contribution in [3.05, 3.63) is 54.2 Å². The van der Waals surface area contributed by atoms with Crippen LogP contribution in [0.4, 0.5) is 0 Å². The largest absolute Gasteiger partial charge is 0.478 e. The second-order valence-corrected chi connectivity index (χ2v) is 4.97. The molecule has 3 nitrogen and oxygen atoms in total. The molecule has 0 atom stereocenters. The van der Waals surface area contributed by atoms with Crippen LogP contribution in [0.3, 0.4) is 0 Å². The van der Waals surface area contributed by atoms with E-state index in [4.69, 9.17) is 5.11 Å². The summed E-state index contributed by atoms with van der Waals surface area (Å²) in [5.41, 5.74) is 1.01. The van der Waals surface area contributed by atoms with Crippen molar-refractivity contribution >= 4 is 27.4 Å². The molecule has 1 N–H and O–H groups in total. The number of nitrogens with zero attached hydrogens (tertiary/aromatic N) is 1. The molecule has 0 unspecified atom stereocenters. The van der Waals surface area contributed by atoms with Crippen LogP contribution in [0.25, 0.3) is 20.7 Å². The first-order valence-corrected chi connectivity index (χ1v) is 6.24. The van der Waals surface area contributed by atoms with Gasteiger partial charge in [-0.1, -0.05) is 18.2 Å². The highest BCUT2D eigenvalue weighted by atomic mass is 32.1. The molecule has 0 spiro atoms. The highest BCUT2D eigenvalue weighted by molar-refractivity contribution is 7.22. The Labute approximate surface area is 107 Å². The normalized spacial score (nSPS) is 10.7. The van der Waals surface area contributed by atoms with Gasteiger partial charge in [0, 0.05) is 10.9 Å². The van der Waals surface area contributed by atoms with Crippen LogP contribution < -0.4 is 0 Å². The van der Waals surface area contributed by atoms with Crippen molar-refractivity contribution in [1.82, 2.24) is 4.98 Å². The summed E-state index contributed by atoms with van der Waals surface area (Å²) in [5.74, 6) is -0.953. The molecule has 0 radical (unpaired) electrons. The first-order valence-electron chi connectivity index (χ1n) is 5.42. The van der Waals surface area contributed by atoms with Crippen molar-refractivity contribution in [3.63, 3.8) is 0 Å². The fourth-order valence-corrected chi connectivity index (χ4v) is 2.81. The highest BCUT2D eigenvalue weighted by Gasteiger charge is 2.07. The maximum Gasteiger partial charge on any atom is 0.337 e. The van der Waals surface area contributed by atoms with Gasteiger partial charge in [-0.3, -0.25) is 4.98 Å². The lowest BCUT2D eigenvalue weighted by atomic mass is 10.2. The van der Waals surface area contributed by atoms with Gasteiger partial charge >= 0.3 is 5.97 Å². The number of fused-ring (bicyclic) bond motifs is 1. The molecule has 0 aliphatic carbocycles. The number of thiophene rings is 1. The number of hydrogen-bond acceptors (Lipinski definition) is 3. The summed E-state index contributed by atoms with van der Waals surface area (Å²) < 4.78 is 1.21. The lowest BCUT2D eigenvalue weighted by Gasteiger charge is -1.97. The predicted octanol–water partition coefficient (Wildman–Crippen LogP) is 3.66. The highest BCUT2D eigenvalue weighted by Crippen LogP contribution is 2.32. The number of carboxylic acids is 1. The van der Waals surface area contributed by atoms with Gasteiger partial charge in [0.25, 0.3) is 0 Å². The number of carbonyl (C=O) groups is 1. The van der Waals surface area contributed by atoms with Gasteiger partial charge in [-0.2, -0.15) is 0 Å². The first-order chi connectivity index (χ1) is 8.74. The molecule has 3 aromatic rings. The SMILES string of the molecule is O=C(O)c1ccc(-c2cc3ccccc3s2)nc1. The van der Waals surface area contributed by atoms with E-state index in [2.05, 4.69) is 23.2 Å². The van der Waals surface area contributed by atoms with Crippen LogP contribution in [0, 0.1) is 0 Å². The number of carboxylic acid groups (broad SMARTS) is 1. The summed E-state index contributed by atoms with van der Waals surface area (Å²) in [5, 5.41) is 10.0. The molecule has 0 aliphatic rings. The summed E-state index contributed by atoms with van der Waals surface area (Å²) >= 11 is 1.65. The van der Waals surface area contributed by atoms with Gasteiger partial charge in [0.2, 0.25) is 0 Å². The van der Waals surface area contributed by atoms with Crippen LogP contribution in [0.5, 0.6) is 0 Å². The van der Waals surface area contributed by atoms with Gasteiger partial charge in [-0.15, -0.1) is 11.3 Å². The molecule has 0 amide bonds. The second kappa shape index (κ2) is 4.23. The Kier molecular flexibility index (Phi) is 2.57. The van der Waals surface area contributed by atoms with Gasteiger partial charge in [-0.05, 0) is 29.7 Å². The van der Waals surface area contributed by atoms with Crippen molar-refractivity contribution in [3.8, 4) is 10.6 Å². The lowest BCUT2D eigenvalue weighted by molar-refractivity contribution is 0.0696. The van der Waals surface area contributed by atoms with E-state index in [1.54, 1.807) is 23.5 Å². The topological polar surface area (TPSA) is 50.2 Å². The van der Waals surface area contributed by atoms with Crippen LogP contribution in [0.2, 0.25) is 0 Å². The number of benzene rings is 1. The molecule has 2 heterocycles. The summed E-state index contributed by atoms with van der Waals surface area (Å²) in [6.45, 7) is 0. The monoisotopic (exact) mass is 255 g/mol. The molecule has 0 bridgehead atoms. The summed E-state index contributed by atoms with van der Waals surface area (Å²) in [6, 6.07) is 13.5. The second-order valence-electron chi connectivity index (χ2n) is 3.89. The van der Waals surface area contributed by atoms with E-state index in [-0.39, 0.29) is 5.56 Å². The van der Waals surface area contributed by atoms with E-state index in [0.717, 1.165) is 10.6 Å². The fraction of sp³-hybridized carbons (Fsp3) is 0. The Morgan fingerprint density at radius 2 is 2.00 bits per heavy atom. The number of aromatic nitrogens is 1. The maximum atomic E-state index is 10.8. The summed E-state index contributed by atoms with van der Waals surface area (Å²) in [4.78, 5) is 16.0. The van der Waals surface area contributed by atoms with Gasteiger partial charge in [0.15, 0.2) is 0 Å². The molecule has 2 aromatic heterocycles. The molecule has 0 aliphatic heterocycles. The molecule has 3 rings (SSSR count). The van der Waals surface area contributed by atoms with Gasteiger partial charge in [-0.25, -0.2) is 4.79 Å². The average Bonchev–Trinajstić information content (AvgIpc) is 2.82. The van der Waals surface area contributed by atoms with E-state index < -0.39 is 5.97 Å². The molecule has 0 fully saturated rings. The van der Waals surface area contributed by atoms with Gasteiger partial charge in [0.1, 0.15) is 0 Å². The minimum absolute atomic E-state index is 0.208. The molecular weight excluding hydrogens is 246 g/mol. The summed E-state index contributed by atoms with van der Waals surface area (Å²) in [6.07, 6.45) is 1.39. The molecular formula is C14H9NO2S. The zero-order valence-corrected chi connectivity index (χ0v) is 10.1. The Bertz CT molecular complexity index is 683. The maximum absolute atomic E-state index is 10.8. The third kappa shape index (κ3) is 1.87. The minimum Gasteiger partial charge on any atom is -0.478 e. The van der Waals surface area contributed by atoms with Gasteiger partial charge in [0.05, 0.1) is 16.1 Å². The number of rotatable bonds is 2. The van der Waals surface area contributed by atoms with E-state index in [9.17, 15) is 4.79 Å². The van der Waals surface area contributed by atoms with E-state index >= 15 is 0 Å². The third-order valence-electron chi connectivity index (χ3n) is 2.69. The molecule has 1 aromatic carbocycles. The quantitative estimate of drug-likeness (QED) is 0.760. The fourth-order valence-electron chi connectivity index (χ4n) is 1.77. The van der Waals surface area contributed by atoms with E-state index in [1.165, 1.54) is 16.3 Å². The Balaban J connectivity index is 2.06. The molecule has 4 heteroatoms. The Hall–Kier alpha value is -2.20. The van der Waals surface area contributed by atoms with Crippen molar-refractivity contribution in [2.24, 2.45) is 0 Å². The van der Waals surface area contributed by atoms with E-state index in [0.29, 0.717) is 0 Å². The zero-order chi connectivity index (χ0) is 12.5. The average molecular weight is 255 g/mol. The number of aromatic carboxylic acids is 1. The van der Waals surface area contributed by atoms with E-state index in [1.807, 2.05) is 12.1 Å². The molecule has 0 saturated carbocycles. The van der Waals surface area contributed by atoms with Crippen LogP contribution in [0.1, 0.15) is 10.4 Å². The first kappa shape index (κ1) is 10.9. The number of pyridine rings is 1. The van der Waals surface area contributed by atoms with Gasteiger partial charge < -0.3 is 5.11 Å². The Morgan fingerprint density at radius 1 is 1.17 bits per heavy atom. The number of hydrogen-bond donors (Lipinski definition) is 1. The Morgan fingerprint density at radius 3 is 2.67 bits per heavy atom. The van der Waals surface area contributed by atoms with Crippen molar-refractivity contribution in [2.45, 2.75) is 0 Å². The zero-order valence-electron chi connectivity index (χ0n) is 9.33. The third-order valence-corrected chi connectivity index (χ3v) is 3.83. The molecule has 0 saturated heterocycles. The van der Waals surface area contributed by atoms with Crippen LogP contribution in [-0.4, -0.2) is 16.1 Å². The standard InChI is InChI=1S/C14H9NO2S/c16-14(17)10-5-6-11(15-8-10)13-7-9-3-1-2-4-12(9)18-13/h1-8H,(H,16,17). The minimum atomic E-state index is -0.953. The lowest BCUT2D eigenvalue weighted by Crippen LogP contribution is -1.96. The van der Waals surface area contributed by atoms with Crippen LogP contribution in [-0.2, 0) is 0 Å². The predicted molar refractivity (Wildman–Crippen MR) is 72.0 cm³/mol. The van der Waals surface area contributed by atoms with Crippen LogP contribution >= 0.6 is 11.3 Å². The molecule has 88 valence electrons. The van der Waals surface area contributed by atoms with Crippen molar-refractivity contribution in [2.75, 3.05) is 0 Å². The summed E-state index contributed by atoms with van der Waals surface area (Å²) in [7, 11) is 0. The van der Waals surface area contributed by atoms with Crippen molar-refractivity contribution < 1.29 is 9.90 Å². The van der Waals surface area contributed by atoms with Crippen LogP contribution in [0.15, 0.2) is 48.7 Å². The molecule has 18 heavy (non-hydrogen) atoms.